The summed E-state index contributed by atoms with van der Waals surface area (Å²) in [5.74, 6) is 0.0337. The molecule has 0 aromatic heterocycles. The topological polar surface area (TPSA) is 54.3 Å². The van der Waals surface area contributed by atoms with E-state index >= 15 is 0 Å². The van der Waals surface area contributed by atoms with E-state index in [0.29, 0.717) is 24.8 Å². The van der Waals surface area contributed by atoms with Gasteiger partial charge in [0.2, 0.25) is 0 Å². The van der Waals surface area contributed by atoms with E-state index in [1.54, 1.807) is 12.1 Å². The maximum atomic E-state index is 13.4. The van der Waals surface area contributed by atoms with Crippen LogP contribution in [0.2, 0.25) is 0 Å². The summed E-state index contributed by atoms with van der Waals surface area (Å²) in [7, 11) is 0. The number of nitrogens with zero attached hydrogens (tertiary/aromatic N) is 1. The van der Waals surface area contributed by atoms with E-state index in [-0.39, 0.29) is 5.56 Å². The lowest BCUT2D eigenvalue weighted by molar-refractivity contribution is 0.0897. The molecule has 1 heterocycles. The fourth-order valence-corrected chi connectivity index (χ4v) is 2.15. The van der Waals surface area contributed by atoms with Gasteiger partial charge in [-0.15, -0.1) is 0 Å². The molecule has 0 saturated carbocycles. The molecule has 0 spiro atoms. The molecule has 2 rings (SSSR count). The zero-order valence-corrected chi connectivity index (χ0v) is 11.4. The van der Waals surface area contributed by atoms with Crippen LogP contribution in [0.25, 0.3) is 0 Å². The first-order valence-electron chi connectivity index (χ1n) is 6.89. The van der Waals surface area contributed by atoms with Crippen molar-refractivity contribution in [2.24, 2.45) is 5.92 Å². The first-order valence-corrected chi connectivity index (χ1v) is 6.89. The number of benzene rings is 1. The second kappa shape index (κ2) is 7.83. The van der Waals surface area contributed by atoms with Crippen LogP contribution in [0.5, 0.6) is 0 Å². The van der Waals surface area contributed by atoms with E-state index < -0.39 is 5.82 Å². The molecule has 1 fully saturated rings. The minimum atomic E-state index is -0.491. The molecule has 0 unspecified atom stereocenters. The molecule has 1 atom stereocenters. The van der Waals surface area contributed by atoms with Crippen LogP contribution in [0.3, 0.4) is 0 Å². The van der Waals surface area contributed by atoms with Crippen molar-refractivity contribution in [2.75, 3.05) is 38.3 Å². The molecule has 20 heavy (non-hydrogen) atoms. The van der Waals surface area contributed by atoms with Crippen LogP contribution in [-0.2, 0) is 9.47 Å². The predicted octanol–water partition coefficient (Wildman–Crippen LogP) is 2.55. The van der Waals surface area contributed by atoms with Gasteiger partial charge in [0.1, 0.15) is 17.4 Å². The quantitative estimate of drug-likeness (QED) is 0.779. The zero-order valence-electron chi connectivity index (χ0n) is 11.4. The Balaban J connectivity index is 1.63. The molecule has 4 nitrogen and oxygen atoms in total. The first kappa shape index (κ1) is 14.8. The van der Waals surface area contributed by atoms with Crippen LogP contribution in [-0.4, -0.2) is 33.0 Å². The van der Waals surface area contributed by atoms with Crippen LogP contribution in [0.1, 0.15) is 18.4 Å². The summed E-state index contributed by atoms with van der Waals surface area (Å²) in [5.41, 5.74) is 0.605. The van der Waals surface area contributed by atoms with Crippen molar-refractivity contribution in [3.63, 3.8) is 0 Å². The Morgan fingerprint density at radius 1 is 1.50 bits per heavy atom. The van der Waals surface area contributed by atoms with Crippen LogP contribution in [0, 0.1) is 23.1 Å². The molecule has 1 aliphatic rings. The van der Waals surface area contributed by atoms with Gasteiger partial charge in [-0.2, -0.15) is 5.26 Å². The molecular formula is C15H19FN2O2. The number of halogens is 1. The molecule has 0 amide bonds. The maximum absolute atomic E-state index is 13.4. The highest BCUT2D eigenvalue weighted by Gasteiger charge is 2.15. The van der Waals surface area contributed by atoms with Gasteiger partial charge in [0.05, 0.1) is 18.9 Å². The zero-order chi connectivity index (χ0) is 14.2. The van der Waals surface area contributed by atoms with Gasteiger partial charge in [0.25, 0.3) is 0 Å². The number of ether oxygens (including phenoxy) is 2. The fourth-order valence-electron chi connectivity index (χ4n) is 2.15. The summed E-state index contributed by atoms with van der Waals surface area (Å²) in [6, 6.07) is 6.46. The van der Waals surface area contributed by atoms with Gasteiger partial charge in [-0.3, -0.25) is 0 Å². The molecule has 0 bridgehead atoms. The van der Waals surface area contributed by atoms with Gasteiger partial charge in [-0.25, -0.2) is 4.39 Å². The van der Waals surface area contributed by atoms with Gasteiger partial charge < -0.3 is 14.8 Å². The summed E-state index contributed by atoms with van der Waals surface area (Å²) in [6.07, 6.45) is 1.89. The Kier molecular flexibility index (Phi) is 5.78. The summed E-state index contributed by atoms with van der Waals surface area (Å²) >= 11 is 0. The SMILES string of the molecule is N#Cc1c(F)cccc1NCCCOC[C@@H]1CCOC1. The Hall–Kier alpha value is -1.64. The van der Waals surface area contributed by atoms with Crippen molar-refractivity contribution >= 4 is 5.69 Å². The highest BCUT2D eigenvalue weighted by molar-refractivity contribution is 5.57. The van der Waals surface area contributed by atoms with E-state index in [4.69, 9.17) is 14.7 Å². The largest absolute Gasteiger partial charge is 0.384 e. The van der Waals surface area contributed by atoms with Crippen LogP contribution < -0.4 is 5.32 Å². The van der Waals surface area contributed by atoms with E-state index in [9.17, 15) is 4.39 Å². The average Bonchev–Trinajstić information content (AvgIpc) is 2.96. The van der Waals surface area contributed by atoms with Gasteiger partial charge in [-0.1, -0.05) is 6.07 Å². The third-order valence-electron chi connectivity index (χ3n) is 3.28. The molecule has 108 valence electrons. The van der Waals surface area contributed by atoms with Gasteiger partial charge >= 0.3 is 0 Å². The number of rotatable bonds is 7. The standard InChI is InChI=1S/C15H19FN2O2/c16-14-3-1-4-15(13(14)9-17)18-6-2-7-19-10-12-5-8-20-11-12/h1,3-4,12,18H,2,5-8,10-11H2/t12-/m0/s1. The molecule has 0 aliphatic carbocycles. The summed E-state index contributed by atoms with van der Waals surface area (Å²) in [4.78, 5) is 0. The van der Waals surface area contributed by atoms with E-state index in [1.165, 1.54) is 6.07 Å². The Labute approximate surface area is 118 Å². The fraction of sp³-hybridized carbons (Fsp3) is 0.533. The van der Waals surface area contributed by atoms with Gasteiger partial charge in [0, 0.05) is 25.7 Å². The van der Waals surface area contributed by atoms with Crippen LogP contribution >= 0.6 is 0 Å². The molecule has 1 aliphatic heterocycles. The van der Waals surface area contributed by atoms with Crippen molar-refractivity contribution in [1.29, 1.82) is 5.26 Å². The number of anilines is 1. The highest BCUT2D eigenvalue weighted by atomic mass is 19.1. The van der Waals surface area contributed by atoms with Crippen molar-refractivity contribution in [2.45, 2.75) is 12.8 Å². The monoisotopic (exact) mass is 278 g/mol. The molecule has 0 radical (unpaired) electrons. The van der Waals surface area contributed by atoms with E-state index in [1.807, 2.05) is 6.07 Å². The van der Waals surface area contributed by atoms with Crippen molar-refractivity contribution in [1.82, 2.24) is 0 Å². The Bertz CT molecular complexity index is 467. The van der Waals surface area contributed by atoms with Crippen molar-refractivity contribution < 1.29 is 13.9 Å². The van der Waals surface area contributed by atoms with Crippen molar-refractivity contribution in [3.8, 4) is 6.07 Å². The van der Waals surface area contributed by atoms with Crippen LogP contribution in [0.15, 0.2) is 18.2 Å². The van der Waals surface area contributed by atoms with Gasteiger partial charge in [-0.05, 0) is 25.0 Å². The van der Waals surface area contributed by atoms with Gasteiger partial charge in [0.15, 0.2) is 0 Å². The normalized spacial score (nSPS) is 17.9. The third-order valence-corrected chi connectivity index (χ3v) is 3.28. The van der Waals surface area contributed by atoms with E-state index in [2.05, 4.69) is 5.32 Å². The van der Waals surface area contributed by atoms with Crippen LogP contribution in [0.4, 0.5) is 10.1 Å². The minimum absolute atomic E-state index is 0.0662. The third kappa shape index (κ3) is 4.19. The molecule has 1 aromatic carbocycles. The number of nitriles is 1. The van der Waals surface area contributed by atoms with E-state index in [0.717, 1.165) is 32.7 Å². The molecule has 1 saturated heterocycles. The summed E-state index contributed by atoms with van der Waals surface area (Å²) in [5, 5.41) is 12.0. The summed E-state index contributed by atoms with van der Waals surface area (Å²) in [6.45, 7) is 3.68. The second-order valence-corrected chi connectivity index (χ2v) is 4.86. The number of hydrogen-bond donors (Lipinski definition) is 1. The molecule has 1 N–H and O–H groups in total. The van der Waals surface area contributed by atoms with Crippen molar-refractivity contribution in [3.05, 3.63) is 29.6 Å². The maximum Gasteiger partial charge on any atom is 0.143 e. The smallest absolute Gasteiger partial charge is 0.143 e. The molecular weight excluding hydrogens is 259 g/mol. The highest BCUT2D eigenvalue weighted by Crippen LogP contribution is 2.17. The second-order valence-electron chi connectivity index (χ2n) is 4.86. The average molecular weight is 278 g/mol. The lowest BCUT2D eigenvalue weighted by atomic mass is 10.1. The molecule has 1 aromatic rings. The first-order chi connectivity index (χ1) is 9.81. The summed E-state index contributed by atoms with van der Waals surface area (Å²) < 4.78 is 24.2. The predicted molar refractivity (Wildman–Crippen MR) is 74.0 cm³/mol. The minimum Gasteiger partial charge on any atom is -0.384 e. The number of hydrogen-bond acceptors (Lipinski definition) is 4. The number of nitrogens with one attached hydrogen (secondary N) is 1. The molecule has 5 heteroatoms. The lowest BCUT2D eigenvalue weighted by Gasteiger charge is -2.10. The Morgan fingerprint density at radius 3 is 3.15 bits per heavy atom. The lowest BCUT2D eigenvalue weighted by Crippen LogP contribution is -2.12. The Morgan fingerprint density at radius 2 is 2.40 bits per heavy atom.